The zero-order chi connectivity index (χ0) is 25.4. The number of carbonyl (C=O) groups is 1. The number of nitrogens with zero attached hydrogens (tertiary/aromatic N) is 3. The third kappa shape index (κ3) is 6.59. The quantitative estimate of drug-likeness (QED) is 0.538. The lowest BCUT2D eigenvalue weighted by molar-refractivity contribution is 0.00578. The molecule has 8 nitrogen and oxygen atoms in total. The van der Waals surface area contributed by atoms with Crippen LogP contribution >= 0.6 is 0 Å². The zero-order valence-corrected chi connectivity index (χ0v) is 21.5. The SMILES string of the molecule is CCN(C[C@H](C)Oc1c(B2OC(C)(C)C(C)(C)O2)c(CC(F)F)nn1C)C(=O)OC(C)(C)C. The van der Waals surface area contributed by atoms with Crippen molar-refractivity contribution in [3.8, 4) is 5.88 Å². The fraction of sp³-hybridized carbons (Fsp3) is 0.818. The molecule has 1 aliphatic rings. The molecule has 1 fully saturated rings. The molecule has 11 heteroatoms. The van der Waals surface area contributed by atoms with Crippen molar-refractivity contribution in [2.45, 2.75) is 98.1 Å². The molecule has 188 valence electrons. The van der Waals surface area contributed by atoms with Gasteiger partial charge in [-0.2, -0.15) is 5.10 Å². The highest BCUT2D eigenvalue weighted by atomic mass is 19.3. The number of ether oxygens (including phenoxy) is 2. The van der Waals surface area contributed by atoms with E-state index in [2.05, 4.69) is 5.10 Å². The lowest BCUT2D eigenvalue weighted by atomic mass is 9.78. The number of hydrogen-bond donors (Lipinski definition) is 0. The van der Waals surface area contributed by atoms with Gasteiger partial charge in [-0.25, -0.2) is 18.3 Å². The van der Waals surface area contributed by atoms with Gasteiger partial charge in [0.05, 0.1) is 35.3 Å². The number of likely N-dealkylation sites (N-methyl/N-ethyl adjacent to an activating group) is 1. The first kappa shape index (κ1) is 27.4. The van der Waals surface area contributed by atoms with Crippen LogP contribution in [0.2, 0.25) is 0 Å². The highest BCUT2D eigenvalue weighted by Crippen LogP contribution is 2.37. The Hall–Kier alpha value is -1.88. The van der Waals surface area contributed by atoms with E-state index in [1.807, 2.05) is 34.6 Å². The highest BCUT2D eigenvalue weighted by Gasteiger charge is 2.54. The molecule has 33 heavy (non-hydrogen) atoms. The molecule has 0 bridgehead atoms. The van der Waals surface area contributed by atoms with Crippen LogP contribution in [0.4, 0.5) is 13.6 Å². The smallest absolute Gasteiger partial charge is 0.473 e. The van der Waals surface area contributed by atoms with E-state index in [0.717, 1.165) is 0 Å². The molecule has 2 heterocycles. The minimum atomic E-state index is -2.59. The minimum Gasteiger partial charge on any atom is -0.473 e. The molecule has 1 amide bonds. The Bertz CT molecular complexity index is 823. The summed E-state index contributed by atoms with van der Waals surface area (Å²) in [6, 6.07) is 0. The van der Waals surface area contributed by atoms with Gasteiger partial charge >= 0.3 is 13.2 Å². The van der Waals surface area contributed by atoms with Crippen LogP contribution in [0.15, 0.2) is 0 Å². The van der Waals surface area contributed by atoms with E-state index in [4.69, 9.17) is 18.8 Å². The largest absolute Gasteiger partial charge is 0.502 e. The van der Waals surface area contributed by atoms with E-state index in [-0.39, 0.29) is 18.1 Å². The monoisotopic (exact) mass is 473 g/mol. The molecule has 0 aliphatic carbocycles. The Morgan fingerprint density at radius 3 is 2.21 bits per heavy atom. The Morgan fingerprint density at radius 2 is 1.76 bits per heavy atom. The Labute approximate surface area is 196 Å². The van der Waals surface area contributed by atoms with Crippen LogP contribution < -0.4 is 10.2 Å². The highest BCUT2D eigenvalue weighted by molar-refractivity contribution is 6.63. The molecule has 2 rings (SSSR count). The van der Waals surface area contributed by atoms with Gasteiger partial charge in [0.25, 0.3) is 0 Å². The summed E-state index contributed by atoms with van der Waals surface area (Å²) in [5.41, 5.74) is -1.43. The summed E-state index contributed by atoms with van der Waals surface area (Å²) in [7, 11) is 0.713. The van der Waals surface area contributed by atoms with Gasteiger partial charge in [0.2, 0.25) is 12.3 Å². The number of rotatable bonds is 8. The van der Waals surface area contributed by atoms with Crippen LogP contribution in [0.5, 0.6) is 5.88 Å². The van der Waals surface area contributed by atoms with Crippen LogP contribution in [-0.2, 0) is 27.5 Å². The maximum atomic E-state index is 13.3. The molecular weight excluding hydrogens is 435 g/mol. The first-order valence-electron chi connectivity index (χ1n) is 11.3. The van der Waals surface area contributed by atoms with Crippen LogP contribution in [0.25, 0.3) is 0 Å². The van der Waals surface area contributed by atoms with Crippen molar-refractivity contribution in [1.29, 1.82) is 0 Å². The van der Waals surface area contributed by atoms with Crippen molar-refractivity contribution < 1.29 is 32.4 Å². The lowest BCUT2D eigenvalue weighted by Gasteiger charge is -2.32. The van der Waals surface area contributed by atoms with Crippen LogP contribution in [-0.4, -0.2) is 70.3 Å². The number of hydrogen-bond acceptors (Lipinski definition) is 6. The second-order valence-electron chi connectivity index (χ2n) is 10.4. The fourth-order valence-corrected chi connectivity index (χ4v) is 3.41. The van der Waals surface area contributed by atoms with Crippen LogP contribution in [0.3, 0.4) is 0 Å². The van der Waals surface area contributed by atoms with E-state index in [0.29, 0.717) is 12.0 Å². The normalized spacial score (nSPS) is 18.5. The van der Waals surface area contributed by atoms with Crippen molar-refractivity contribution in [3.05, 3.63) is 5.69 Å². The molecule has 0 unspecified atom stereocenters. The molecule has 0 aromatic carbocycles. The van der Waals surface area contributed by atoms with Crippen molar-refractivity contribution in [3.63, 3.8) is 0 Å². The lowest BCUT2D eigenvalue weighted by Crippen LogP contribution is -2.43. The summed E-state index contributed by atoms with van der Waals surface area (Å²) in [4.78, 5) is 14.0. The fourth-order valence-electron chi connectivity index (χ4n) is 3.41. The summed E-state index contributed by atoms with van der Waals surface area (Å²) in [6.07, 6.45) is -4.07. The standard InChI is InChI=1S/C22H38BF2N3O5/c1-11-28(19(29)31-20(3,4)5)13-14(2)30-18-17(15(12-16(24)25)26-27(18)10)23-32-21(6,7)22(8,9)33-23/h14,16H,11-13H2,1-10H3/t14-/m0/s1. The minimum absolute atomic E-state index is 0.160. The summed E-state index contributed by atoms with van der Waals surface area (Å²) in [6.45, 7) is 17.3. The molecule has 1 atom stereocenters. The number of aromatic nitrogens is 2. The van der Waals surface area contributed by atoms with Gasteiger partial charge in [-0.3, -0.25) is 0 Å². The number of halogens is 2. The zero-order valence-electron chi connectivity index (χ0n) is 21.5. The molecule has 0 radical (unpaired) electrons. The molecule has 1 aromatic heterocycles. The molecule has 0 spiro atoms. The topological polar surface area (TPSA) is 75.1 Å². The Balaban J connectivity index is 2.31. The molecule has 1 aliphatic heterocycles. The van der Waals surface area contributed by atoms with Crippen molar-refractivity contribution >= 4 is 18.7 Å². The molecule has 0 saturated carbocycles. The van der Waals surface area contributed by atoms with Gasteiger partial charge in [-0.1, -0.05) is 0 Å². The molecule has 0 N–H and O–H groups in total. The van der Waals surface area contributed by atoms with E-state index < -0.39 is 49.0 Å². The average Bonchev–Trinajstić information content (AvgIpc) is 3.02. The Kier molecular flexibility index (Phi) is 8.11. The average molecular weight is 473 g/mol. The van der Waals surface area contributed by atoms with Crippen LogP contribution in [0.1, 0.15) is 68.0 Å². The number of amides is 1. The number of carbonyl (C=O) groups excluding carboxylic acids is 1. The second kappa shape index (κ2) is 9.78. The van der Waals surface area contributed by atoms with Gasteiger partial charge in [-0.15, -0.1) is 0 Å². The number of alkyl halides is 2. The van der Waals surface area contributed by atoms with Gasteiger partial charge in [0.15, 0.2) is 0 Å². The second-order valence-corrected chi connectivity index (χ2v) is 10.4. The van der Waals surface area contributed by atoms with Crippen molar-refractivity contribution in [2.24, 2.45) is 7.05 Å². The molecule has 1 aromatic rings. The summed E-state index contributed by atoms with van der Waals surface area (Å²) >= 11 is 0. The number of aryl methyl sites for hydroxylation is 1. The van der Waals surface area contributed by atoms with Crippen LogP contribution in [0, 0.1) is 0 Å². The summed E-state index contributed by atoms with van der Waals surface area (Å²) in [5, 5.41) is 4.27. The van der Waals surface area contributed by atoms with Crippen molar-refractivity contribution in [1.82, 2.24) is 14.7 Å². The molecule has 1 saturated heterocycles. The summed E-state index contributed by atoms with van der Waals surface area (Å²) < 4.78 is 51.9. The summed E-state index contributed by atoms with van der Waals surface area (Å²) in [5.74, 6) is 0.275. The third-order valence-electron chi connectivity index (χ3n) is 5.77. The van der Waals surface area contributed by atoms with E-state index in [1.165, 1.54) is 9.58 Å². The first-order valence-corrected chi connectivity index (χ1v) is 11.3. The maximum absolute atomic E-state index is 13.3. The van der Waals surface area contributed by atoms with E-state index in [1.54, 1.807) is 34.7 Å². The van der Waals surface area contributed by atoms with Gasteiger partial charge in [0.1, 0.15) is 11.7 Å². The maximum Gasteiger partial charge on any atom is 0.502 e. The van der Waals surface area contributed by atoms with Crippen molar-refractivity contribution in [2.75, 3.05) is 13.1 Å². The van der Waals surface area contributed by atoms with E-state index in [9.17, 15) is 13.6 Å². The first-order chi connectivity index (χ1) is 15.0. The van der Waals surface area contributed by atoms with E-state index >= 15 is 0 Å². The predicted octanol–water partition coefficient (Wildman–Crippen LogP) is 3.55. The van der Waals surface area contributed by atoms with Gasteiger partial charge < -0.3 is 23.7 Å². The molecular formula is C22H38BF2N3O5. The van der Waals surface area contributed by atoms with Gasteiger partial charge in [-0.05, 0) is 62.3 Å². The Morgan fingerprint density at radius 1 is 1.21 bits per heavy atom. The predicted molar refractivity (Wildman–Crippen MR) is 122 cm³/mol. The third-order valence-corrected chi connectivity index (χ3v) is 5.77. The van der Waals surface area contributed by atoms with Gasteiger partial charge in [0, 0.05) is 13.6 Å².